The zero-order valence-electron chi connectivity index (χ0n) is 11.0. The molecule has 0 aromatic heterocycles. The van der Waals surface area contributed by atoms with E-state index in [1.54, 1.807) is 0 Å². The number of rotatable bonds is 7. The maximum absolute atomic E-state index is 11.5. The zero-order chi connectivity index (χ0) is 13.7. The zero-order valence-corrected chi connectivity index (χ0v) is 11.8. The molecule has 0 amide bonds. The Morgan fingerprint density at radius 2 is 1.88 bits per heavy atom. The SMILES string of the molecule is CC(CNS(=O)(=O)CCCC(=O)O)C(C)(C)C. The van der Waals surface area contributed by atoms with E-state index < -0.39 is 16.0 Å². The summed E-state index contributed by atoms with van der Waals surface area (Å²) in [5, 5.41) is 8.42. The van der Waals surface area contributed by atoms with Crippen LogP contribution in [0.5, 0.6) is 0 Å². The summed E-state index contributed by atoms with van der Waals surface area (Å²) in [6.07, 6.45) is 0.0320. The Morgan fingerprint density at radius 3 is 2.29 bits per heavy atom. The molecule has 0 aliphatic rings. The van der Waals surface area contributed by atoms with Crippen LogP contribution in [0, 0.1) is 11.3 Å². The van der Waals surface area contributed by atoms with Gasteiger partial charge in [0.1, 0.15) is 0 Å². The largest absolute Gasteiger partial charge is 0.481 e. The highest BCUT2D eigenvalue weighted by molar-refractivity contribution is 7.89. The first-order valence-corrected chi connectivity index (χ1v) is 7.39. The highest BCUT2D eigenvalue weighted by Crippen LogP contribution is 2.24. The summed E-state index contributed by atoms with van der Waals surface area (Å²) in [5.41, 5.74) is 0.0452. The molecule has 0 saturated carbocycles. The maximum Gasteiger partial charge on any atom is 0.303 e. The highest BCUT2D eigenvalue weighted by Gasteiger charge is 2.21. The lowest BCUT2D eigenvalue weighted by Gasteiger charge is -2.27. The van der Waals surface area contributed by atoms with E-state index in [1.165, 1.54) is 0 Å². The molecule has 102 valence electrons. The monoisotopic (exact) mass is 265 g/mol. The third kappa shape index (κ3) is 8.15. The number of carboxylic acids is 1. The number of nitrogens with one attached hydrogen (secondary N) is 1. The first kappa shape index (κ1) is 16.4. The van der Waals surface area contributed by atoms with Crippen molar-refractivity contribution in [2.75, 3.05) is 12.3 Å². The van der Waals surface area contributed by atoms with Crippen molar-refractivity contribution < 1.29 is 18.3 Å². The van der Waals surface area contributed by atoms with E-state index in [0.29, 0.717) is 6.54 Å². The second kappa shape index (κ2) is 6.35. The van der Waals surface area contributed by atoms with Crippen molar-refractivity contribution in [3.63, 3.8) is 0 Å². The Labute approximate surface area is 104 Å². The van der Waals surface area contributed by atoms with Crippen molar-refractivity contribution in [2.24, 2.45) is 11.3 Å². The van der Waals surface area contributed by atoms with Gasteiger partial charge in [-0.05, 0) is 17.8 Å². The fourth-order valence-electron chi connectivity index (χ4n) is 1.04. The van der Waals surface area contributed by atoms with Gasteiger partial charge in [-0.1, -0.05) is 27.7 Å². The van der Waals surface area contributed by atoms with Crippen molar-refractivity contribution in [3.8, 4) is 0 Å². The van der Waals surface area contributed by atoms with E-state index in [0.717, 1.165) is 0 Å². The van der Waals surface area contributed by atoms with Gasteiger partial charge in [-0.15, -0.1) is 0 Å². The molecule has 0 aliphatic heterocycles. The third-order valence-corrected chi connectivity index (χ3v) is 4.32. The van der Waals surface area contributed by atoms with Gasteiger partial charge in [0, 0.05) is 13.0 Å². The van der Waals surface area contributed by atoms with Crippen molar-refractivity contribution in [1.82, 2.24) is 4.72 Å². The van der Waals surface area contributed by atoms with Gasteiger partial charge in [0.25, 0.3) is 0 Å². The lowest BCUT2D eigenvalue weighted by atomic mass is 9.82. The van der Waals surface area contributed by atoms with E-state index >= 15 is 0 Å². The summed E-state index contributed by atoms with van der Waals surface area (Å²) in [6, 6.07) is 0. The number of sulfonamides is 1. The Kier molecular flexibility index (Phi) is 6.12. The third-order valence-electron chi connectivity index (χ3n) is 2.89. The summed E-state index contributed by atoms with van der Waals surface area (Å²) < 4.78 is 25.6. The Balaban J connectivity index is 4.06. The van der Waals surface area contributed by atoms with Gasteiger partial charge in [0.05, 0.1) is 5.75 Å². The molecule has 0 rings (SSSR count). The van der Waals surface area contributed by atoms with Gasteiger partial charge >= 0.3 is 5.97 Å². The van der Waals surface area contributed by atoms with E-state index in [9.17, 15) is 13.2 Å². The van der Waals surface area contributed by atoms with Crippen LogP contribution >= 0.6 is 0 Å². The Hall–Kier alpha value is -0.620. The van der Waals surface area contributed by atoms with Gasteiger partial charge < -0.3 is 5.11 Å². The molecule has 0 fully saturated rings. The maximum atomic E-state index is 11.5. The molecule has 0 saturated heterocycles. The topological polar surface area (TPSA) is 83.5 Å². The second-order valence-corrected chi connectivity index (χ2v) is 7.36. The number of carboxylic acid groups (broad SMARTS) is 1. The van der Waals surface area contributed by atoms with Crippen LogP contribution in [0.3, 0.4) is 0 Å². The molecule has 1 atom stereocenters. The Morgan fingerprint density at radius 1 is 1.35 bits per heavy atom. The average Bonchev–Trinajstić information content (AvgIpc) is 2.11. The van der Waals surface area contributed by atoms with Crippen LogP contribution in [0.25, 0.3) is 0 Å². The van der Waals surface area contributed by atoms with Crippen LogP contribution in [0.2, 0.25) is 0 Å². The predicted octanol–water partition coefficient (Wildman–Crippen LogP) is 1.45. The number of hydrogen-bond donors (Lipinski definition) is 2. The Bertz CT molecular complexity index is 343. The van der Waals surface area contributed by atoms with Crippen LogP contribution in [-0.2, 0) is 14.8 Å². The van der Waals surface area contributed by atoms with Gasteiger partial charge in [0.2, 0.25) is 10.0 Å². The molecule has 0 bridgehead atoms. The van der Waals surface area contributed by atoms with E-state index in [1.807, 2.05) is 6.92 Å². The molecule has 17 heavy (non-hydrogen) atoms. The fraction of sp³-hybridized carbons (Fsp3) is 0.909. The molecule has 5 nitrogen and oxygen atoms in total. The number of carbonyl (C=O) groups is 1. The van der Waals surface area contributed by atoms with Crippen LogP contribution < -0.4 is 4.72 Å². The van der Waals surface area contributed by atoms with E-state index in [-0.39, 0.29) is 29.9 Å². The van der Waals surface area contributed by atoms with Crippen molar-refractivity contribution in [2.45, 2.75) is 40.5 Å². The smallest absolute Gasteiger partial charge is 0.303 e. The van der Waals surface area contributed by atoms with Gasteiger partial charge in [-0.3, -0.25) is 4.79 Å². The minimum Gasteiger partial charge on any atom is -0.481 e. The molecule has 2 N–H and O–H groups in total. The lowest BCUT2D eigenvalue weighted by Crippen LogP contribution is -2.35. The summed E-state index contributed by atoms with van der Waals surface area (Å²) in [6.45, 7) is 8.53. The van der Waals surface area contributed by atoms with Crippen molar-refractivity contribution in [1.29, 1.82) is 0 Å². The molecule has 0 aliphatic carbocycles. The van der Waals surface area contributed by atoms with E-state index in [2.05, 4.69) is 25.5 Å². The summed E-state index contributed by atoms with van der Waals surface area (Å²) >= 11 is 0. The minimum atomic E-state index is -3.35. The van der Waals surface area contributed by atoms with Crippen LogP contribution in [-0.4, -0.2) is 31.8 Å². The van der Waals surface area contributed by atoms with Crippen molar-refractivity contribution >= 4 is 16.0 Å². The standard InChI is InChI=1S/C11H23NO4S/c1-9(11(2,3)4)8-12-17(15,16)7-5-6-10(13)14/h9,12H,5-8H2,1-4H3,(H,13,14). The van der Waals surface area contributed by atoms with Crippen LogP contribution in [0.15, 0.2) is 0 Å². The molecule has 0 heterocycles. The minimum absolute atomic E-state index is 0.0452. The molecule has 6 heteroatoms. The van der Waals surface area contributed by atoms with Gasteiger partial charge in [-0.2, -0.15) is 0 Å². The highest BCUT2D eigenvalue weighted by atomic mass is 32.2. The quantitative estimate of drug-likeness (QED) is 0.730. The first-order chi connectivity index (χ1) is 7.54. The summed E-state index contributed by atoms with van der Waals surface area (Å²) in [4.78, 5) is 10.3. The van der Waals surface area contributed by atoms with E-state index in [4.69, 9.17) is 5.11 Å². The molecular weight excluding hydrogens is 242 g/mol. The molecule has 0 aromatic carbocycles. The second-order valence-electron chi connectivity index (χ2n) is 5.43. The average molecular weight is 265 g/mol. The van der Waals surface area contributed by atoms with Crippen LogP contribution in [0.4, 0.5) is 0 Å². The molecular formula is C11H23NO4S. The normalized spacial score (nSPS) is 14.6. The molecule has 0 spiro atoms. The first-order valence-electron chi connectivity index (χ1n) is 5.74. The number of hydrogen-bond acceptors (Lipinski definition) is 3. The van der Waals surface area contributed by atoms with Crippen LogP contribution in [0.1, 0.15) is 40.5 Å². The van der Waals surface area contributed by atoms with Gasteiger partial charge in [0.15, 0.2) is 0 Å². The molecule has 0 radical (unpaired) electrons. The number of aliphatic carboxylic acids is 1. The lowest BCUT2D eigenvalue weighted by molar-refractivity contribution is -0.137. The van der Waals surface area contributed by atoms with Crippen molar-refractivity contribution in [3.05, 3.63) is 0 Å². The fourth-order valence-corrected chi connectivity index (χ4v) is 2.22. The molecule has 1 unspecified atom stereocenters. The van der Waals surface area contributed by atoms with Gasteiger partial charge in [-0.25, -0.2) is 13.1 Å². The summed E-state index contributed by atoms with van der Waals surface area (Å²) in [5.74, 6) is -0.879. The predicted molar refractivity (Wildman–Crippen MR) is 67.3 cm³/mol. The summed E-state index contributed by atoms with van der Waals surface area (Å²) in [7, 11) is -3.35. The molecule has 0 aromatic rings.